The van der Waals surface area contributed by atoms with Gasteiger partial charge in [-0.05, 0) is 56.3 Å². The van der Waals surface area contributed by atoms with Gasteiger partial charge in [0, 0.05) is 45.3 Å². The summed E-state index contributed by atoms with van der Waals surface area (Å²) < 4.78 is 33.7. The van der Waals surface area contributed by atoms with Gasteiger partial charge >= 0.3 is 5.97 Å². The molecule has 2 saturated heterocycles. The Kier molecular flexibility index (Phi) is 6.57. The van der Waals surface area contributed by atoms with E-state index in [1.54, 1.807) is 17.4 Å². The highest BCUT2D eigenvalue weighted by Gasteiger charge is 2.26. The third-order valence-corrected chi connectivity index (χ3v) is 9.37. The molecule has 0 spiro atoms. The number of rotatable bonds is 5. The Hall–Kier alpha value is -2.53. The third-order valence-electron chi connectivity index (χ3n) is 6.38. The van der Waals surface area contributed by atoms with Crippen LogP contribution in [-0.2, 0) is 10.0 Å². The summed E-state index contributed by atoms with van der Waals surface area (Å²) in [6.45, 7) is 5.00. The molecular formula is C24H28N4O4S2. The summed E-state index contributed by atoms with van der Waals surface area (Å²) in [5, 5.41) is 0.983. The van der Waals surface area contributed by atoms with Crippen LogP contribution in [0.15, 0.2) is 47.4 Å². The molecule has 0 saturated carbocycles. The van der Waals surface area contributed by atoms with E-state index in [9.17, 15) is 13.2 Å². The predicted octanol–water partition coefficient (Wildman–Crippen LogP) is 3.44. The molecule has 0 aliphatic carbocycles. The summed E-state index contributed by atoms with van der Waals surface area (Å²) in [4.78, 5) is 22.2. The van der Waals surface area contributed by atoms with Crippen molar-refractivity contribution < 1.29 is 17.9 Å². The van der Waals surface area contributed by atoms with Gasteiger partial charge in [0.25, 0.3) is 0 Å². The summed E-state index contributed by atoms with van der Waals surface area (Å²) >= 11 is 1.59. The average molecular weight is 501 g/mol. The lowest BCUT2D eigenvalue weighted by molar-refractivity contribution is 0.0735. The Morgan fingerprint density at radius 3 is 2.35 bits per heavy atom. The Bertz CT molecular complexity index is 1280. The zero-order valence-electron chi connectivity index (χ0n) is 19.1. The second-order valence-electron chi connectivity index (χ2n) is 8.79. The maximum atomic E-state index is 12.8. The van der Waals surface area contributed by atoms with E-state index in [2.05, 4.69) is 16.8 Å². The number of hydrogen-bond donors (Lipinski definition) is 0. The largest absolute Gasteiger partial charge is 0.423 e. The number of carbonyl (C=O) groups excluding carboxylic acids is 1. The maximum Gasteiger partial charge on any atom is 0.343 e. The number of fused-ring (bicyclic) bond motifs is 1. The average Bonchev–Trinajstić information content (AvgIpc) is 3.28. The van der Waals surface area contributed by atoms with Crippen molar-refractivity contribution in [2.45, 2.75) is 24.2 Å². The van der Waals surface area contributed by atoms with E-state index in [1.165, 1.54) is 28.6 Å². The predicted molar refractivity (Wildman–Crippen MR) is 133 cm³/mol. The second-order valence-corrected chi connectivity index (χ2v) is 11.7. The lowest BCUT2D eigenvalue weighted by atomic mass is 10.2. The van der Waals surface area contributed by atoms with E-state index < -0.39 is 16.0 Å². The number of likely N-dealkylation sites (N-methyl/N-ethyl adjacent to an activating group) is 1. The van der Waals surface area contributed by atoms with Crippen LogP contribution in [0.5, 0.6) is 5.75 Å². The normalized spacial score (nSPS) is 18.3. The molecule has 2 aliphatic heterocycles. The fraction of sp³-hybridized carbons (Fsp3) is 0.417. The Balaban J connectivity index is 1.27. The van der Waals surface area contributed by atoms with Crippen LogP contribution < -0.4 is 9.64 Å². The van der Waals surface area contributed by atoms with E-state index in [0.29, 0.717) is 24.4 Å². The number of sulfonamides is 1. The first kappa shape index (κ1) is 23.2. The SMILES string of the molecule is CN1CCN(c2nc3ccc(OC(=O)c4ccc(S(=O)(=O)N5CCCCC5)cc4)cc3s2)CC1. The van der Waals surface area contributed by atoms with Crippen LogP contribution in [-0.4, -0.2) is 74.9 Å². The van der Waals surface area contributed by atoms with Gasteiger partial charge in [0.2, 0.25) is 10.0 Å². The van der Waals surface area contributed by atoms with Gasteiger partial charge in [0.1, 0.15) is 5.75 Å². The van der Waals surface area contributed by atoms with E-state index in [0.717, 1.165) is 60.8 Å². The maximum absolute atomic E-state index is 12.8. The number of aromatic nitrogens is 1. The van der Waals surface area contributed by atoms with Gasteiger partial charge in [-0.2, -0.15) is 4.31 Å². The fourth-order valence-corrected chi connectivity index (χ4v) is 6.84. The second kappa shape index (κ2) is 9.61. The van der Waals surface area contributed by atoms with Crippen LogP contribution in [0.4, 0.5) is 5.13 Å². The Morgan fingerprint density at radius 1 is 0.941 bits per heavy atom. The lowest BCUT2D eigenvalue weighted by Crippen LogP contribution is -2.44. The first-order valence-corrected chi connectivity index (χ1v) is 13.8. The van der Waals surface area contributed by atoms with Gasteiger partial charge in [-0.25, -0.2) is 18.2 Å². The number of hydrogen-bond acceptors (Lipinski definition) is 8. The first-order valence-electron chi connectivity index (χ1n) is 11.6. The molecule has 180 valence electrons. The number of esters is 1. The highest BCUT2D eigenvalue weighted by Crippen LogP contribution is 2.32. The molecule has 34 heavy (non-hydrogen) atoms. The van der Waals surface area contributed by atoms with Crippen molar-refractivity contribution in [2.24, 2.45) is 0 Å². The molecule has 0 bridgehead atoms. The number of nitrogens with zero attached hydrogens (tertiary/aromatic N) is 4. The number of carbonyl (C=O) groups is 1. The molecule has 0 unspecified atom stereocenters. The monoisotopic (exact) mass is 500 g/mol. The van der Waals surface area contributed by atoms with Crippen molar-refractivity contribution in [3.63, 3.8) is 0 Å². The molecule has 2 fully saturated rings. The topological polar surface area (TPSA) is 83.0 Å². The number of anilines is 1. The first-order chi connectivity index (χ1) is 16.4. The minimum atomic E-state index is -3.53. The van der Waals surface area contributed by atoms with E-state index in [-0.39, 0.29) is 4.90 Å². The Labute approximate surface area is 203 Å². The van der Waals surface area contributed by atoms with Gasteiger partial charge < -0.3 is 14.5 Å². The van der Waals surface area contributed by atoms with Crippen molar-refractivity contribution in [3.05, 3.63) is 48.0 Å². The molecule has 5 rings (SSSR count). The van der Waals surface area contributed by atoms with Crippen LogP contribution in [0.25, 0.3) is 10.2 Å². The van der Waals surface area contributed by atoms with E-state index in [1.807, 2.05) is 12.1 Å². The zero-order chi connectivity index (χ0) is 23.7. The third kappa shape index (κ3) is 4.81. The molecule has 3 heterocycles. The molecule has 8 nitrogen and oxygen atoms in total. The summed E-state index contributed by atoms with van der Waals surface area (Å²) in [5.74, 6) is -0.0823. The van der Waals surface area contributed by atoms with Crippen molar-refractivity contribution in [1.29, 1.82) is 0 Å². The molecular weight excluding hydrogens is 472 g/mol. The molecule has 1 aromatic heterocycles. The van der Waals surface area contributed by atoms with Crippen LogP contribution in [0.2, 0.25) is 0 Å². The van der Waals surface area contributed by atoms with Crippen molar-refractivity contribution in [3.8, 4) is 5.75 Å². The molecule has 0 N–H and O–H groups in total. The molecule has 2 aromatic carbocycles. The van der Waals surface area contributed by atoms with Crippen LogP contribution in [0, 0.1) is 0 Å². The van der Waals surface area contributed by atoms with E-state index in [4.69, 9.17) is 9.72 Å². The van der Waals surface area contributed by atoms with Gasteiger partial charge in [0.15, 0.2) is 5.13 Å². The minimum absolute atomic E-state index is 0.202. The van der Waals surface area contributed by atoms with Gasteiger partial charge in [-0.15, -0.1) is 0 Å². The quantitative estimate of drug-likeness (QED) is 0.392. The number of ether oxygens (including phenoxy) is 1. The van der Waals surface area contributed by atoms with Gasteiger partial charge in [-0.1, -0.05) is 17.8 Å². The molecule has 2 aliphatic rings. The highest BCUT2D eigenvalue weighted by atomic mass is 32.2. The summed E-state index contributed by atoms with van der Waals surface area (Å²) in [5.41, 5.74) is 1.19. The molecule has 0 radical (unpaired) electrons. The van der Waals surface area contributed by atoms with Gasteiger partial charge in [-0.3, -0.25) is 0 Å². The van der Waals surface area contributed by atoms with Crippen molar-refractivity contribution >= 4 is 42.7 Å². The molecule has 0 atom stereocenters. The summed E-state index contributed by atoms with van der Waals surface area (Å²) in [7, 11) is -1.41. The highest BCUT2D eigenvalue weighted by molar-refractivity contribution is 7.89. The molecule has 3 aromatic rings. The summed E-state index contributed by atoms with van der Waals surface area (Å²) in [6, 6.07) is 11.4. The van der Waals surface area contributed by atoms with Crippen molar-refractivity contribution in [1.82, 2.24) is 14.2 Å². The minimum Gasteiger partial charge on any atom is -0.423 e. The number of piperazine rings is 1. The van der Waals surface area contributed by atoms with Crippen LogP contribution >= 0.6 is 11.3 Å². The smallest absolute Gasteiger partial charge is 0.343 e. The van der Waals surface area contributed by atoms with Crippen molar-refractivity contribution in [2.75, 3.05) is 51.2 Å². The lowest BCUT2D eigenvalue weighted by Gasteiger charge is -2.31. The van der Waals surface area contributed by atoms with E-state index >= 15 is 0 Å². The molecule has 10 heteroatoms. The Morgan fingerprint density at radius 2 is 1.65 bits per heavy atom. The number of thiazole rings is 1. The standard InChI is InChI=1S/C24H28N4O4S2/c1-26-13-15-27(16-14-26)24-25-21-10-7-19(17-22(21)33-24)32-23(29)18-5-8-20(9-6-18)34(30,31)28-11-3-2-4-12-28/h5-10,17H,2-4,11-16H2,1H3. The van der Waals surface area contributed by atoms with Crippen LogP contribution in [0.3, 0.4) is 0 Å². The summed E-state index contributed by atoms with van der Waals surface area (Å²) in [6.07, 6.45) is 2.82. The van der Waals surface area contributed by atoms with Crippen LogP contribution in [0.1, 0.15) is 29.6 Å². The number of benzene rings is 2. The molecule has 0 amide bonds. The van der Waals surface area contributed by atoms with Gasteiger partial charge in [0.05, 0.1) is 20.7 Å². The fourth-order valence-electron chi connectivity index (χ4n) is 4.27. The zero-order valence-corrected chi connectivity index (χ0v) is 20.8. The number of piperidine rings is 1.